The zero-order valence-corrected chi connectivity index (χ0v) is 10.0. The van der Waals surface area contributed by atoms with Crippen molar-refractivity contribution >= 4 is 17.6 Å². The number of carboxylic acids is 1. The second-order valence-corrected chi connectivity index (χ2v) is 4.26. The van der Waals surface area contributed by atoms with E-state index in [9.17, 15) is 9.59 Å². The molecule has 1 unspecified atom stereocenters. The van der Waals surface area contributed by atoms with E-state index in [1.165, 1.54) is 0 Å². The highest BCUT2D eigenvalue weighted by Gasteiger charge is 2.29. The summed E-state index contributed by atoms with van der Waals surface area (Å²) in [5, 5.41) is 11.7. The summed E-state index contributed by atoms with van der Waals surface area (Å²) in [6, 6.07) is 9.05. The van der Waals surface area contributed by atoms with Crippen LogP contribution in [0.5, 0.6) is 0 Å². The van der Waals surface area contributed by atoms with Crippen molar-refractivity contribution in [3.63, 3.8) is 0 Å². The minimum Gasteiger partial charge on any atom is -0.481 e. The number of rotatable bonds is 4. The summed E-state index contributed by atoms with van der Waals surface area (Å²) in [6.07, 6.45) is 0.337. The first-order chi connectivity index (χ1) is 8.68. The van der Waals surface area contributed by atoms with Gasteiger partial charge in [-0.25, -0.2) is 0 Å². The molecule has 1 aromatic rings. The Balaban J connectivity index is 2.05. The van der Waals surface area contributed by atoms with Crippen LogP contribution in [0.4, 0.5) is 5.69 Å². The molecule has 1 fully saturated rings. The molecule has 1 saturated heterocycles. The van der Waals surface area contributed by atoms with Crippen LogP contribution >= 0.6 is 0 Å². The molecule has 1 amide bonds. The monoisotopic (exact) mass is 248 g/mol. The Morgan fingerprint density at radius 3 is 2.78 bits per heavy atom. The number of aliphatic carboxylic acids is 1. The SMILES string of the molecule is O=C(O)CCC1NCCN(c2ccccc2)C1=O. The average molecular weight is 248 g/mol. The van der Waals surface area contributed by atoms with Crippen LogP contribution in [-0.4, -0.2) is 36.1 Å². The molecule has 2 N–H and O–H groups in total. The summed E-state index contributed by atoms with van der Waals surface area (Å²) in [5.41, 5.74) is 0.865. The molecule has 0 saturated carbocycles. The van der Waals surface area contributed by atoms with E-state index < -0.39 is 12.0 Å². The maximum Gasteiger partial charge on any atom is 0.303 e. The Bertz CT molecular complexity index is 433. The van der Waals surface area contributed by atoms with Crippen molar-refractivity contribution in [2.24, 2.45) is 0 Å². The molecule has 1 aliphatic heterocycles. The van der Waals surface area contributed by atoms with Crippen LogP contribution in [0.2, 0.25) is 0 Å². The van der Waals surface area contributed by atoms with Crippen LogP contribution in [0.1, 0.15) is 12.8 Å². The number of carbonyl (C=O) groups excluding carboxylic acids is 1. The van der Waals surface area contributed by atoms with Crippen LogP contribution in [-0.2, 0) is 9.59 Å². The molecule has 1 aliphatic rings. The predicted molar refractivity (Wildman–Crippen MR) is 67.5 cm³/mol. The number of hydrogen-bond acceptors (Lipinski definition) is 3. The number of nitrogens with zero attached hydrogens (tertiary/aromatic N) is 1. The highest BCUT2D eigenvalue weighted by Crippen LogP contribution is 2.17. The quantitative estimate of drug-likeness (QED) is 0.829. The first-order valence-corrected chi connectivity index (χ1v) is 6.00. The number of benzene rings is 1. The van der Waals surface area contributed by atoms with Crippen molar-refractivity contribution in [3.8, 4) is 0 Å². The summed E-state index contributed by atoms with van der Waals surface area (Å²) < 4.78 is 0. The average Bonchev–Trinajstić information content (AvgIpc) is 2.38. The van der Waals surface area contributed by atoms with Gasteiger partial charge >= 0.3 is 5.97 Å². The van der Waals surface area contributed by atoms with Gasteiger partial charge in [-0.05, 0) is 18.6 Å². The van der Waals surface area contributed by atoms with Crippen LogP contribution in [0.25, 0.3) is 0 Å². The van der Waals surface area contributed by atoms with Crippen LogP contribution < -0.4 is 10.2 Å². The smallest absolute Gasteiger partial charge is 0.303 e. The highest BCUT2D eigenvalue weighted by molar-refractivity contribution is 5.98. The molecule has 1 atom stereocenters. The lowest BCUT2D eigenvalue weighted by Gasteiger charge is -2.33. The molecule has 18 heavy (non-hydrogen) atoms. The first kappa shape index (κ1) is 12.6. The van der Waals surface area contributed by atoms with Gasteiger partial charge in [0.2, 0.25) is 5.91 Å². The van der Waals surface area contributed by atoms with Gasteiger partial charge in [0.05, 0.1) is 6.04 Å². The van der Waals surface area contributed by atoms with E-state index in [0.29, 0.717) is 19.5 Å². The molecular weight excluding hydrogens is 232 g/mol. The van der Waals surface area contributed by atoms with E-state index in [1.807, 2.05) is 30.3 Å². The summed E-state index contributed by atoms with van der Waals surface area (Å²) in [7, 11) is 0. The van der Waals surface area contributed by atoms with Gasteiger partial charge in [-0.3, -0.25) is 9.59 Å². The topological polar surface area (TPSA) is 69.6 Å². The van der Waals surface area contributed by atoms with Crippen LogP contribution in [0.3, 0.4) is 0 Å². The zero-order chi connectivity index (χ0) is 13.0. The van der Waals surface area contributed by atoms with Crippen LogP contribution in [0, 0.1) is 0 Å². The normalized spacial score (nSPS) is 19.9. The van der Waals surface area contributed by atoms with Gasteiger partial charge in [0.1, 0.15) is 0 Å². The molecule has 0 aliphatic carbocycles. The molecule has 5 nitrogen and oxygen atoms in total. The number of piperazine rings is 1. The lowest BCUT2D eigenvalue weighted by Crippen LogP contribution is -2.55. The lowest BCUT2D eigenvalue weighted by molar-refractivity contribution is -0.137. The van der Waals surface area contributed by atoms with Crippen molar-refractivity contribution in [1.29, 1.82) is 0 Å². The maximum absolute atomic E-state index is 12.2. The van der Waals surface area contributed by atoms with Crippen molar-refractivity contribution in [1.82, 2.24) is 5.32 Å². The molecule has 0 bridgehead atoms. The number of para-hydroxylation sites is 1. The molecule has 5 heteroatoms. The van der Waals surface area contributed by atoms with E-state index >= 15 is 0 Å². The van der Waals surface area contributed by atoms with Gasteiger partial charge in [0.25, 0.3) is 0 Å². The van der Waals surface area contributed by atoms with Crippen LogP contribution in [0.15, 0.2) is 30.3 Å². The fourth-order valence-electron chi connectivity index (χ4n) is 2.09. The molecule has 0 radical (unpaired) electrons. The number of carboxylic acid groups (broad SMARTS) is 1. The van der Waals surface area contributed by atoms with Gasteiger partial charge in [-0.15, -0.1) is 0 Å². The Kier molecular flexibility index (Phi) is 3.94. The molecule has 2 rings (SSSR count). The fourth-order valence-corrected chi connectivity index (χ4v) is 2.09. The Morgan fingerprint density at radius 1 is 1.39 bits per heavy atom. The van der Waals surface area contributed by atoms with E-state index in [-0.39, 0.29) is 12.3 Å². The van der Waals surface area contributed by atoms with Crippen molar-refractivity contribution < 1.29 is 14.7 Å². The van der Waals surface area contributed by atoms with Gasteiger partial charge in [0, 0.05) is 25.2 Å². The minimum absolute atomic E-state index is 0.00599. The second kappa shape index (κ2) is 5.64. The molecule has 0 aromatic heterocycles. The van der Waals surface area contributed by atoms with Crippen molar-refractivity contribution in [3.05, 3.63) is 30.3 Å². The third-order valence-electron chi connectivity index (χ3n) is 3.01. The van der Waals surface area contributed by atoms with E-state index in [1.54, 1.807) is 4.90 Å². The Hall–Kier alpha value is -1.88. The molecule has 96 valence electrons. The molecule has 0 spiro atoms. The van der Waals surface area contributed by atoms with Crippen molar-refractivity contribution in [2.75, 3.05) is 18.0 Å². The molecular formula is C13H16N2O3. The maximum atomic E-state index is 12.2. The fraction of sp³-hybridized carbons (Fsp3) is 0.385. The lowest BCUT2D eigenvalue weighted by atomic mass is 10.1. The Labute approximate surface area is 105 Å². The number of amides is 1. The summed E-state index contributed by atoms with van der Waals surface area (Å²) in [4.78, 5) is 24.5. The highest BCUT2D eigenvalue weighted by atomic mass is 16.4. The van der Waals surface area contributed by atoms with E-state index in [2.05, 4.69) is 5.32 Å². The van der Waals surface area contributed by atoms with E-state index in [4.69, 9.17) is 5.11 Å². The molecule has 1 heterocycles. The summed E-state index contributed by atoms with van der Waals surface area (Å²) >= 11 is 0. The summed E-state index contributed by atoms with van der Waals surface area (Å²) in [6.45, 7) is 1.30. The second-order valence-electron chi connectivity index (χ2n) is 4.26. The third-order valence-corrected chi connectivity index (χ3v) is 3.01. The zero-order valence-electron chi connectivity index (χ0n) is 10.0. The third kappa shape index (κ3) is 2.87. The predicted octanol–water partition coefficient (Wildman–Crippen LogP) is 0.856. The van der Waals surface area contributed by atoms with Gasteiger partial charge in [-0.1, -0.05) is 18.2 Å². The number of hydrogen-bond donors (Lipinski definition) is 2. The van der Waals surface area contributed by atoms with E-state index in [0.717, 1.165) is 5.69 Å². The van der Waals surface area contributed by atoms with Crippen molar-refractivity contribution in [2.45, 2.75) is 18.9 Å². The number of nitrogens with one attached hydrogen (secondary N) is 1. The standard InChI is InChI=1S/C13H16N2O3/c16-12(17)7-6-11-13(18)15(9-8-14-11)10-4-2-1-3-5-10/h1-5,11,14H,6-9H2,(H,16,17). The minimum atomic E-state index is -0.874. The molecule has 1 aromatic carbocycles. The van der Waals surface area contributed by atoms with Gasteiger partial charge < -0.3 is 15.3 Å². The summed E-state index contributed by atoms with van der Waals surface area (Å²) in [5.74, 6) is -0.921. The first-order valence-electron chi connectivity index (χ1n) is 6.00. The number of carbonyl (C=O) groups is 2. The Morgan fingerprint density at radius 2 is 2.11 bits per heavy atom. The van der Waals surface area contributed by atoms with Gasteiger partial charge in [0.15, 0.2) is 0 Å². The number of anilines is 1. The largest absolute Gasteiger partial charge is 0.481 e. The van der Waals surface area contributed by atoms with Gasteiger partial charge in [-0.2, -0.15) is 0 Å².